The van der Waals surface area contributed by atoms with E-state index in [9.17, 15) is 4.79 Å². The van der Waals surface area contributed by atoms with Gasteiger partial charge in [0.1, 0.15) is 5.75 Å². The van der Waals surface area contributed by atoms with Crippen LogP contribution in [0.15, 0.2) is 59.8 Å². The third-order valence-corrected chi connectivity index (χ3v) is 6.94. The average Bonchev–Trinajstić information content (AvgIpc) is 3.24. The lowest BCUT2D eigenvalue weighted by molar-refractivity contribution is -0.129. The number of thioether (sulfide) groups is 1. The Morgan fingerprint density at radius 3 is 2.53 bits per heavy atom. The lowest BCUT2D eigenvalue weighted by Gasteiger charge is -2.30. The van der Waals surface area contributed by atoms with Crippen molar-refractivity contribution in [1.29, 1.82) is 0 Å². The first-order chi connectivity index (χ1) is 15.7. The fraction of sp³-hybridized carbons (Fsp3) is 0.400. The van der Waals surface area contributed by atoms with Crippen LogP contribution in [0.25, 0.3) is 11.4 Å². The van der Waals surface area contributed by atoms with E-state index in [1.165, 1.54) is 17.3 Å². The Balaban J connectivity index is 1.54. The molecule has 2 heterocycles. The van der Waals surface area contributed by atoms with Crippen molar-refractivity contribution in [3.63, 3.8) is 0 Å². The zero-order valence-electron chi connectivity index (χ0n) is 18.7. The molecule has 0 bridgehead atoms. The minimum atomic E-state index is 0.179. The number of methoxy groups -OCH3 is 1. The summed E-state index contributed by atoms with van der Waals surface area (Å²) < 4.78 is 7.68. The summed E-state index contributed by atoms with van der Waals surface area (Å²) in [6, 6.07) is 18.2. The number of nitrogens with zero attached hydrogens (tertiary/aromatic N) is 4. The third-order valence-electron chi connectivity index (χ3n) is 5.99. The molecule has 1 amide bonds. The highest BCUT2D eigenvalue weighted by Crippen LogP contribution is 2.31. The molecular weight excluding hydrogens is 420 g/mol. The van der Waals surface area contributed by atoms with Crippen LogP contribution in [0.2, 0.25) is 0 Å². The molecule has 32 heavy (non-hydrogen) atoms. The summed E-state index contributed by atoms with van der Waals surface area (Å²) in [4.78, 5) is 14.8. The van der Waals surface area contributed by atoms with Crippen molar-refractivity contribution in [2.24, 2.45) is 5.92 Å². The second kappa shape index (κ2) is 10.7. The van der Waals surface area contributed by atoms with Crippen LogP contribution in [-0.2, 0) is 17.8 Å². The fourth-order valence-electron chi connectivity index (χ4n) is 3.99. The summed E-state index contributed by atoms with van der Waals surface area (Å²) in [5, 5.41) is 9.72. The Labute approximate surface area is 194 Å². The second-order valence-electron chi connectivity index (χ2n) is 8.25. The monoisotopic (exact) mass is 450 g/mol. The number of carbonyl (C=O) groups is 1. The molecule has 0 N–H and O–H groups in total. The van der Waals surface area contributed by atoms with Crippen molar-refractivity contribution in [3.8, 4) is 17.1 Å². The summed E-state index contributed by atoms with van der Waals surface area (Å²) in [5.74, 6) is 2.79. The van der Waals surface area contributed by atoms with Gasteiger partial charge < -0.3 is 14.2 Å². The molecular formula is C25H30N4O2S. The summed E-state index contributed by atoms with van der Waals surface area (Å²) in [5.41, 5.74) is 2.15. The molecule has 7 heteroatoms. The third kappa shape index (κ3) is 5.33. The molecule has 0 aliphatic carbocycles. The number of aromatic nitrogens is 3. The number of aryl methyl sites for hydroxylation is 1. The van der Waals surface area contributed by atoms with Gasteiger partial charge in [0.2, 0.25) is 5.91 Å². The van der Waals surface area contributed by atoms with Crippen LogP contribution in [0.3, 0.4) is 0 Å². The highest BCUT2D eigenvalue weighted by molar-refractivity contribution is 7.99. The smallest absolute Gasteiger partial charge is 0.233 e. The topological polar surface area (TPSA) is 60.3 Å². The number of hydrogen-bond donors (Lipinski definition) is 0. The predicted molar refractivity (Wildman–Crippen MR) is 128 cm³/mol. The van der Waals surface area contributed by atoms with Gasteiger partial charge in [-0.1, -0.05) is 61.2 Å². The van der Waals surface area contributed by atoms with Crippen LogP contribution in [0.5, 0.6) is 5.75 Å². The molecule has 1 fully saturated rings. The van der Waals surface area contributed by atoms with Gasteiger partial charge in [0.25, 0.3) is 0 Å². The van der Waals surface area contributed by atoms with Gasteiger partial charge >= 0.3 is 0 Å². The maximum Gasteiger partial charge on any atom is 0.233 e. The van der Waals surface area contributed by atoms with Crippen molar-refractivity contribution in [3.05, 3.63) is 60.2 Å². The van der Waals surface area contributed by atoms with E-state index in [4.69, 9.17) is 4.74 Å². The van der Waals surface area contributed by atoms with Crippen LogP contribution in [0.1, 0.15) is 25.3 Å². The van der Waals surface area contributed by atoms with Crippen LogP contribution in [0.4, 0.5) is 0 Å². The van der Waals surface area contributed by atoms with E-state index in [2.05, 4.69) is 46.0 Å². The van der Waals surface area contributed by atoms with Gasteiger partial charge in [0.05, 0.1) is 18.4 Å². The summed E-state index contributed by atoms with van der Waals surface area (Å²) >= 11 is 1.47. The molecule has 1 aliphatic heterocycles. The minimum Gasteiger partial charge on any atom is -0.496 e. The molecule has 0 radical (unpaired) electrons. The molecule has 4 rings (SSSR count). The molecule has 0 spiro atoms. The zero-order valence-corrected chi connectivity index (χ0v) is 19.6. The van der Waals surface area contributed by atoms with Crippen LogP contribution in [0, 0.1) is 5.92 Å². The predicted octanol–water partition coefficient (Wildman–Crippen LogP) is 4.55. The number of ether oxygens (including phenoxy) is 1. The summed E-state index contributed by atoms with van der Waals surface area (Å²) in [6.07, 6.45) is 3.02. The molecule has 6 nitrogen and oxygen atoms in total. The molecule has 0 unspecified atom stereocenters. The number of benzene rings is 2. The Bertz CT molecular complexity index is 1030. The highest BCUT2D eigenvalue weighted by Gasteiger charge is 2.22. The van der Waals surface area contributed by atoms with Crippen molar-refractivity contribution in [2.75, 3.05) is 26.0 Å². The van der Waals surface area contributed by atoms with Crippen LogP contribution >= 0.6 is 11.8 Å². The van der Waals surface area contributed by atoms with Crippen LogP contribution < -0.4 is 4.74 Å². The van der Waals surface area contributed by atoms with Gasteiger partial charge in [-0.05, 0) is 42.9 Å². The first kappa shape index (κ1) is 22.4. The number of para-hydroxylation sites is 1. The molecule has 2 aromatic carbocycles. The maximum absolute atomic E-state index is 12.8. The SMILES string of the molecule is COc1ccccc1-c1nnc(SCC(=O)N2CCC(C)CC2)n1CCc1ccccc1. The molecule has 3 aromatic rings. The Morgan fingerprint density at radius 2 is 1.78 bits per heavy atom. The number of likely N-dealkylation sites (tertiary alicyclic amines) is 1. The van der Waals surface area contributed by atoms with E-state index < -0.39 is 0 Å². The number of rotatable bonds is 8. The van der Waals surface area contributed by atoms with Crippen LogP contribution in [-0.4, -0.2) is 51.5 Å². The van der Waals surface area contributed by atoms with Gasteiger partial charge in [0, 0.05) is 19.6 Å². The zero-order chi connectivity index (χ0) is 22.3. The van der Waals surface area contributed by atoms with E-state index in [1.807, 2.05) is 35.2 Å². The summed E-state index contributed by atoms with van der Waals surface area (Å²) in [6.45, 7) is 4.69. The Kier molecular flexibility index (Phi) is 7.47. The lowest BCUT2D eigenvalue weighted by atomic mass is 9.99. The number of amides is 1. The Morgan fingerprint density at radius 1 is 1.06 bits per heavy atom. The van der Waals surface area contributed by atoms with E-state index in [0.29, 0.717) is 11.7 Å². The Hall–Kier alpha value is -2.80. The van der Waals surface area contributed by atoms with Crippen molar-refractivity contribution >= 4 is 17.7 Å². The van der Waals surface area contributed by atoms with Gasteiger partial charge in [-0.2, -0.15) is 0 Å². The fourth-order valence-corrected chi connectivity index (χ4v) is 4.85. The van der Waals surface area contributed by atoms with Gasteiger partial charge in [-0.25, -0.2) is 0 Å². The number of hydrogen-bond acceptors (Lipinski definition) is 5. The summed E-state index contributed by atoms with van der Waals surface area (Å²) in [7, 11) is 1.66. The first-order valence-corrected chi connectivity index (χ1v) is 12.2. The number of piperidine rings is 1. The quantitative estimate of drug-likeness (QED) is 0.471. The average molecular weight is 451 g/mol. The normalized spacial score (nSPS) is 14.5. The van der Waals surface area contributed by atoms with Gasteiger partial charge in [0.15, 0.2) is 11.0 Å². The highest BCUT2D eigenvalue weighted by atomic mass is 32.2. The maximum atomic E-state index is 12.8. The molecule has 1 aliphatic rings. The van der Waals surface area contributed by atoms with E-state index >= 15 is 0 Å². The molecule has 0 atom stereocenters. The molecule has 0 saturated carbocycles. The largest absolute Gasteiger partial charge is 0.496 e. The van der Waals surface area contributed by atoms with E-state index in [-0.39, 0.29) is 5.91 Å². The van der Waals surface area contributed by atoms with E-state index in [0.717, 1.165) is 61.2 Å². The lowest BCUT2D eigenvalue weighted by Crippen LogP contribution is -2.38. The first-order valence-electron chi connectivity index (χ1n) is 11.2. The van der Waals surface area contributed by atoms with Gasteiger partial charge in [-0.15, -0.1) is 10.2 Å². The van der Waals surface area contributed by atoms with Gasteiger partial charge in [-0.3, -0.25) is 4.79 Å². The molecule has 168 valence electrons. The van der Waals surface area contributed by atoms with E-state index in [1.54, 1.807) is 7.11 Å². The second-order valence-corrected chi connectivity index (χ2v) is 9.19. The van der Waals surface area contributed by atoms with Crippen molar-refractivity contribution in [2.45, 2.75) is 37.9 Å². The number of carbonyl (C=O) groups excluding carboxylic acids is 1. The molecule has 1 aromatic heterocycles. The minimum absolute atomic E-state index is 0.179. The van der Waals surface area contributed by atoms with Crippen molar-refractivity contribution < 1.29 is 9.53 Å². The molecule has 1 saturated heterocycles. The van der Waals surface area contributed by atoms with Crippen molar-refractivity contribution in [1.82, 2.24) is 19.7 Å². The standard InChI is InChI=1S/C25H30N4O2S/c1-19-12-15-28(16-13-19)23(30)18-32-25-27-26-24(21-10-6-7-11-22(21)31-2)29(25)17-14-20-8-4-3-5-9-20/h3-11,19H,12-18H2,1-2H3.